The van der Waals surface area contributed by atoms with E-state index >= 15 is 0 Å². The van der Waals surface area contributed by atoms with Gasteiger partial charge in [0.25, 0.3) is 0 Å². The van der Waals surface area contributed by atoms with Gasteiger partial charge in [-0.25, -0.2) is 0 Å². The number of nitrogens with one attached hydrogen (secondary N) is 2. The number of hydrogen-bond donors (Lipinski definition) is 2. The largest absolute Gasteiger partial charge is 0.357 e. The maximum absolute atomic E-state index is 4.66. The van der Waals surface area contributed by atoms with Gasteiger partial charge in [-0.1, -0.05) is 25.0 Å². The highest BCUT2D eigenvalue weighted by Gasteiger charge is 2.07. The van der Waals surface area contributed by atoms with E-state index in [1.807, 2.05) is 0 Å². The van der Waals surface area contributed by atoms with Crippen LogP contribution in [0.5, 0.6) is 0 Å². The summed E-state index contributed by atoms with van der Waals surface area (Å²) >= 11 is 0. The Hall–Kier alpha value is -0.300. The van der Waals surface area contributed by atoms with Crippen molar-refractivity contribution in [2.75, 3.05) is 39.3 Å². The molecule has 0 aliphatic carbocycles. The summed E-state index contributed by atoms with van der Waals surface area (Å²) in [6.07, 6.45) is 12.0. The Morgan fingerprint density at radius 2 is 1.86 bits per heavy atom. The van der Waals surface area contributed by atoms with E-state index in [9.17, 15) is 0 Å². The fraction of sp³-hybridized carbons (Fsp3) is 0.824. The predicted molar refractivity (Wildman–Crippen MR) is 108 cm³/mol. The zero-order valence-electron chi connectivity index (χ0n) is 14.4. The molecule has 0 aromatic carbocycles. The lowest BCUT2D eigenvalue weighted by Crippen LogP contribution is -2.38. The van der Waals surface area contributed by atoms with Crippen molar-refractivity contribution in [3.8, 4) is 0 Å². The molecule has 1 aliphatic rings. The summed E-state index contributed by atoms with van der Waals surface area (Å²) < 4.78 is 0. The molecule has 0 atom stereocenters. The topological polar surface area (TPSA) is 39.7 Å². The van der Waals surface area contributed by atoms with Crippen molar-refractivity contribution in [2.24, 2.45) is 4.99 Å². The van der Waals surface area contributed by atoms with Gasteiger partial charge in [0.15, 0.2) is 5.96 Å². The van der Waals surface area contributed by atoms with Gasteiger partial charge in [-0.2, -0.15) is 0 Å². The van der Waals surface area contributed by atoms with Crippen molar-refractivity contribution in [1.82, 2.24) is 15.5 Å². The lowest BCUT2D eigenvalue weighted by molar-refractivity contribution is 0.283. The van der Waals surface area contributed by atoms with Gasteiger partial charge < -0.3 is 15.5 Å². The van der Waals surface area contributed by atoms with Gasteiger partial charge >= 0.3 is 0 Å². The van der Waals surface area contributed by atoms with Crippen LogP contribution in [0.2, 0.25) is 0 Å². The highest BCUT2D eigenvalue weighted by Crippen LogP contribution is 2.09. The summed E-state index contributed by atoms with van der Waals surface area (Å²) in [7, 11) is 0. The van der Waals surface area contributed by atoms with Crippen molar-refractivity contribution in [1.29, 1.82) is 0 Å². The van der Waals surface area contributed by atoms with E-state index in [4.69, 9.17) is 0 Å². The zero-order chi connectivity index (χ0) is 15.2. The lowest BCUT2D eigenvalue weighted by atomic mass is 10.2. The summed E-state index contributed by atoms with van der Waals surface area (Å²) in [4.78, 5) is 7.27. The number of nitrogens with zero attached hydrogens (tertiary/aromatic N) is 2. The Bertz CT molecular complexity index is 297. The van der Waals surface area contributed by atoms with E-state index in [1.54, 1.807) is 0 Å². The molecule has 1 aliphatic heterocycles. The van der Waals surface area contributed by atoms with Crippen molar-refractivity contribution < 1.29 is 0 Å². The second-order valence-corrected chi connectivity index (χ2v) is 5.65. The molecule has 0 radical (unpaired) electrons. The molecule has 5 heteroatoms. The Balaban J connectivity index is 0.00000441. The molecule has 0 saturated carbocycles. The third-order valence-corrected chi connectivity index (χ3v) is 3.78. The molecule has 0 bridgehead atoms. The Morgan fingerprint density at radius 3 is 2.50 bits per heavy atom. The number of halogens is 1. The normalized spacial score (nSPS) is 17.1. The van der Waals surface area contributed by atoms with Crippen LogP contribution in [0, 0.1) is 0 Å². The van der Waals surface area contributed by atoms with E-state index in [-0.39, 0.29) is 24.0 Å². The van der Waals surface area contributed by atoms with E-state index in [2.05, 4.69) is 46.5 Å². The van der Waals surface area contributed by atoms with Crippen LogP contribution in [-0.2, 0) is 0 Å². The molecule has 1 rings (SSSR count). The smallest absolute Gasteiger partial charge is 0.191 e. The highest BCUT2D eigenvalue weighted by atomic mass is 127. The van der Waals surface area contributed by atoms with Gasteiger partial charge in [-0.05, 0) is 59.2 Å². The molecule has 0 spiro atoms. The van der Waals surface area contributed by atoms with Crippen LogP contribution in [0.15, 0.2) is 17.1 Å². The standard InChI is InChI=1S/C17H34N4.HI/c1-3-5-8-12-19-17(18-4-2)20-13-11-16-21-14-9-6-7-10-15-21;/h3,5H,4,6-16H2,1-2H3,(H2,18,19,20);1H/b5-3+;. The number of allylic oxidation sites excluding steroid dienone is 1. The molecule has 1 saturated heterocycles. The molecule has 130 valence electrons. The maximum Gasteiger partial charge on any atom is 0.191 e. The SMILES string of the molecule is C/C=C/CCNC(=NCCCN1CCCCCC1)NCC.I. The number of rotatable bonds is 8. The first-order valence-electron chi connectivity index (χ1n) is 8.72. The number of likely N-dealkylation sites (tertiary alicyclic amines) is 1. The molecule has 1 heterocycles. The van der Waals surface area contributed by atoms with Gasteiger partial charge in [0.05, 0.1) is 0 Å². The van der Waals surface area contributed by atoms with Crippen molar-refractivity contribution in [2.45, 2.75) is 52.4 Å². The van der Waals surface area contributed by atoms with Gasteiger partial charge in [0.2, 0.25) is 0 Å². The summed E-state index contributed by atoms with van der Waals surface area (Å²) in [5.74, 6) is 0.956. The van der Waals surface area contributed by atoms with E-state index in [0.717, 1.165) is 38.4 Å². The fourth-order valence-electron chi connectivity index (χ4n) is 2.63. The van der Waals surface area contributed by atoms with Gasteiger partial charge in [-0.15, -0.1) is 24.0 Å². The molecule has 0 amide bonds. The highest BCUT2D eigenvalue weighted by molar-refractivity contribution is 14.0. The number of hydrogen-bond acceptors (Lipinski definition) is 2. The van der Waals surface area contributed by atoms with Gasteiger partial charge in [-0.3, -0.25) is 4.99 Å². The molecular weight excluding hydrogens is 387 g/mol. The second-order valence-electron chi connectivity index (χ2n) is 5.65. The predicted octanol–water partition coefficient (Wildman–Crippen LogP) is 3.39. The molecule has 1 fully saturated rings. The molecule has 4 nitrogen and oxygen atoms in total. The van der Waals surface area contributed by atoms with Crippen LogP contribution < -0.4 is 10.6 Å². The van der Waals surface area contributed by atoms with Gasteiger partial charge in [0, 0.05) is 19.6 Å². The molecule has 0 aromatic rings. The quantitative estimate of drug-likeness (QED) is 0.207. The second kappa shape index (κ2) is 15.6. The first-order chi connectivity index (χ1) is 10.4. The minimum atomic E-state index is 0. The Morgan fingerprint density at radius 1 is 1.14 bits per heavy atom. The minimum absolute atomic E-state index is 0. The first-order valence-corrected chi connectivity index (χ1v) is 8.72. The molecule has 22 heavy (non-hydrogen) atoms. The number of aliphatic imine (C=N–C) groups is 1. The lowest BCUT2D eigenvalue weighted by Gasteiger charge is -2.19. The average molecular weight is 422 g/mol. The van der Waals surface area contributed by atoms with Crippen LogP contribution in [0.4, 0.5) is 0 Å². The number of guanidine groups is 1. The third-order valence-electron chi connectivity index (χ3n) is 3.78. The monoisotopic (exact) mass is 422 g/mol. The Labute approximate surface area is 154 Å². The first kappa shape index (κ1) is 21.7. The molecule has 0 aromatic heterocycles. The summed E-state index contributed by atoms with van der Waals surface area (Å²) in [6, 6.07) is 0. The fourth-order valence-corrected chi connectivity index (χ4v) is 2.63. The molecule has 2 N–H and O–H groups in total. The molecular formula is C17H35IN4. The maximum atomic E-state index is 4.66. The Kier molecular flexibility index (Phi) is 15.4. The zero-order valence-corrected chi connectivity index (χ0v) is 16.8. The van der Waals surface area contributed by atoms with E-state index in [1.165, 1.54) is 45.3 Å². The summed E-state index contributed by atoms with van der Waals surface area (Å²) in [6.45, 7) is 10.7. The van der Waals surface area contributed by atoms with Crippen molar-refractivity contribution in [3.63, 3.8) is 0 Å². The average Bonchev–Trinajstić information content (AvgIpc) is 2.76. The van der Waals surface area contributed by atoms with Crippen molar-refractivity contribution >= 4 is 29.9 Å². The molecule has 0 unspecified atom stereocenters. The minimum Gasteiger partial charge on any atom is -0.357 e. The van der Waals surface area contributed by atoms with E-state index < -0.39 is 0 Å². The van der Waals surface area contributed by atoms with Crippen LogP contribution in [-0.4, -0.2) is 50.1 Å². The van der Waals surface area contributed by atoms with Crippen LogP contribution >= 0.6 is 24.0 Å². The third kappa shape index (κ3) is 11.3. The van der Waals surface area contributed by atoms with Crippen LogP contribution in [0.3, 0.4) is 0 Å². The van der Waals surface area contributed by atoms with Crippen LogP contribution in [0.25, 0.3) is 0 Å². The van der Waals surface area contributed by atoms with Crippen molar-refractivity contribution in [3.05, 3.63) is 12.2 Å². The van der Waals surface area contributed by atoms with Crippen LogP contribution in [0.1, 0.15) is 52.4 Å². The summed E-state index contributed by atoms with van der Waals surface area (Å²) in [5, 5.41) is 6.69. The van der Waals surface area contributed by atoms with Gasteiger partial charge in [0.1, 0.15) is 0 Å². The summed E-state index contributed by atoms with van der Waals surface area (Å²) in [5.41, 5.74) is 0. The van der Waals surface area contributed by atoms with E-state index in [0.29, 0.717) is 0 Å².